The van der Waals surface area contributed by atoms with Crippen LogP contribution in [0.1, 0.15) is 36.7 Å². The van der Waals surface area contributed by atoms with Crippen LogP contribution >= 0.6 is 11.3 Å². The van der Waals surface area contributed by atoms with E-state index in [4.69, 9.17) is 4.74 Å². The number of hydrogen-bond donors (Lipinski definition) is 0. The molecule has 0 spiro atoms. The lowest BCUT2D eigenvalue weighted by molar-refractivity contribution is -0.131. The Hall–Kier alpha value is -1.36. The second-order valence-corrected chi connectivity index (χ2v) is 5.57. The van der Waals surface area contributed by atoms with Crippen LogP contribution in [0.2, 0.25) is 0 Å². The summed E-state index contributed by atoms with van der Waals surface area (Å²) in [6, 6.07) is 0.160. The van der Waals surface area contributed by atoms with Crippen molar-refractivity contribution in [3.8, 4) is 0 Å². The molecule has 2 aliphatic rings. The second kappa shape index (κ2) is 5.10. The van der Waals surface area contributed by atoms with Crippen molar-refractivity contribution >= 4 is 17.2 Å². The molecule has 5 heteroatoms. The fourth-order valence-electron chi connectivity index (χ4n) is 2.56. The third-order valence-corrected chi connectivity index (χ3v) is 4.37. The van der Waals surface area contributed by atoms with Gasteiger partial charge in [-0.05, 0) is 19.3 Å². The van der Waals surface area contributed by atoms with Gasteiger partial charge in [0.15, 0.2) is 0 Å². The lowest BCUT2D eigenvalue weighted by Gasteiger charge is -2.34. The maximum Gasteiger partial charge on any atom is 0.253 e. The lowest BCUT2D eigenvalue weighted by atomic mass is 10.0. The molecule has 0 bridgehead atoms. The quantitative estimate of drug-likeness (QED) is 0.824. The topological polar surface area (TPSA) is 42.4 Å². The van der Waals surface area contributed by atoms with Gasteiger partial charge in [0, 0.05) is 24.5 Å². The molecule has 96 valence electrons. The molecular weight excluding hydrogens is 248 g/mol. The Labute approximate surface area is 110 Å². The zero-order valence-electron chi connectivity index (χ0n) is 10.2. The number of thiazole rings is 1. The van der Waals surface area contributed by atoms with Crippen LogP contribution in [0, 0.1) is 0 Å². The number of rotatable bonds is 2. The Bertz CT molecular complexity index is 456. The van der Waals surface area contributed by atoms with E-state index in [0.29, 0.717) is 6.61 Å². The van der Waals surface area contributed by atoms with E-state index < -0.39 is 0 Å². The molecule has 3 heterocycles. The Morgan fingerprint density at radius 3 is 3.17 bits per heavy atom. The van der Waals surface area contributed by atoms with E-state index in [0.717, 1.165) is 36.4 Å². The number of amides is 1. The van der Waals surface area contributed by atoms with Crippen LogP contribution in [0.4, 0.5) is 0 Å². The van der Waals surface area contributed by atoms with Crippen molar-refractivity contribution in [2.45, 2.75) is 31.7 Å². The van der Waals surface area contributed by atoms with E-state index >= 15 is 0 Å². The molecule has 0 N–H and O–H groups in total. The normalized spacial score (nSPS) is 23.7. The van der Waals surface area contributed by atoms with Crippen LogP contribution < -0.4 is 0 Å². The van der Waals surface area contributed by atoms with Crippen molar-refractivity contribution in [1.29, 1.82) is 0 Å². The first-order valence-corrected chi connectivity index (χ1v) is 7.25. The first-order valence-electron chi connectivity index (χ1n) is 6.37. The average molecular weight is 264 g/mol. The second-order valence-electron chi connectivity index (χ2n) is 4.64. The number of likely N-dealkylation sites (tertiary alicyclic amines) is 1. The van der Waals surface area contributed by atoms with E-state index in [9.17, 15) is 4.79 Å². The monoisotopic (exact) mass is 264 g/mol. The highest BCUT2D eigenvalue weighted by atomic mass is 32.1. The molecule has 1 amide bonds. The van der Waals surface area contributed by atoms with Crippen LogP contribution in [0.15, 0.2) is 23.4 Å². The van der Waals surface area contributed by atoms with Gasteiger partial charge in [0.25, 0.3) is 5.91 Å². The van der Waals surface area contributed by atoms with Gasteiger partial charge < -0.3 is 9.64 Å². The Kier molecular flexibility index (Phi) is 3.32. The summed E-state index contributed by atoms with van der Waals surface area (Å²) in [4.78, 5) is 18.8. The Morgan fingerprint density at radius 2 is 2.44 bits per heavy atom. The number of carbonyl (C=O) groups excluding carboxylic acids is 1. The summed E-state index contributed by atoms with van der Waals surface area (Å²) in [5.74, 6) is 0.132. The van der Waals surface area contributed by atoms with Gasteiger partial charge in [0.05, 0.1) is 24.5 Å². The van der Waals surface area contributed by atoms with Gasteiger partial charge in [-0.15, -0.1) is 11.3 Å². The van der Waals surface area contributed by atoms with Crippen molar-refractivity contribution in [2.24, 2.45) is 0 Å². The molecule has 1 aromatic rings. The van der Waals surface area contributed by atoms with Gasteiger partial charge in [-0.25, -0.2) is 4.98 Å². The molecule has 18 heavy (non-hydrogen) atoms. The fraction of sp³-hybridized carbons (Fsp3) is 0.538. The molecule has 1 aromatic heterocycles. The molecule has 1 atom stereocenters. The number of piperidine rings is 1. The molecule has 1 saturated heterocycles. The van der Waals surface area contributed by atoms with Crippen molar-refractivity contribution in [3.05, 3.63) is 28.4 Å². The molecule has 0 aliphatic carbocycles. The molecular formula is C13H16N2O2S. The van der Waals surface area contributed by atoms with Crippen molar-refractivity contribution in [2.75, 3.05) is 13.2 Å². The summed E-state index contributed by atoms with van der Waals surface area (Å²) in [6.45, 7) is 1.47. The molecule has 1 fully saturated rings. The largest absolute Gasteiger partial charge is 0.500 e. The van der Waals surface area contributed by atoms with Crippen LogP contribution in [-0.2, 0) is 9.53 Å². The molecule has 3 rings (SSSR count). The van der Waals surface area contributed by atoms with Gasteiger partial charge in [0.1, 0.15) is 5.01 Å². The van der Waals surface area contributed by atoms with Crippen LogP contribution in [0.5, 0.6) is 0 Å². The molecule has 0 aromatic carbocycles. The lowest BCUT2D eigenvalue weighted by Crippen LogP contribution is -2.39. The van der Waals surface area contributed by atoms with E-state index in [2.05, 4.69) is 4.98 Å². The summed E-state index contributed by atoms with van der Waals surface area (Å²) in [5, 5.41) is 3.03. The van der Waals surface area contributed by atoms with Crippen LogP contribution in [0.3, 0.4) is 0 Å². The summed E-state index contributed by atoms with van der Waals surface area (Å²) < 4.78 is 5.17. The van der Waals surface area contributed by atoms with Crippen molar-refractivity contribution in [1.82, 2.24) is 9.88 Å². The zero-order chi connectivity index (χ0) is 12.4. The number of nitrogens with zero attached hydrogens (tertiary/aromatic N) is 2. The highest BCUT2D eigenvalue weighted by Gasteiger charge is 2.31. The summed E-state index contributed by atoms with van der Waals surface area (Å²) in [6.07, 6.45) is 7.45. The van der Waals surface area contributed by atoms with Crippen LogP contribution in [0.25, 0.3) is 0 Å². The van der Waals surface area contributed by atoms with Gasteiger partial charge in [-0.3, -0.25) is 4.79 Å². The maximum absolute atomic E-state index is 12.5. The number of ether oxygens (including phenoxy) is 1. The SMILES string of the molecule is O=C(C1=COCC1)N1CCCCC1c1nccs1. The molecule has 4 nitrogen and oxygen atoms in total. The zero-order valence-corrected chi connectivity index (χ0v) is 11.0. The smallest absolute Gasteiger partial charge is 0.253 e. The van der Waals surface area contributed by atoms with Crippen molar-refractivity contribution in [3.63, 3.8) is 0 Å². The molecule has 0 radical (unpaired) electrons. The van der Waals surface area contributed by atoms with E-state index in [1.165, 1.54) is 6.42 Å². The van der Waals surface area contributed by atoms with Gasteiger partial charge >= 0.3 is 0 Å². The highest BCUT2D eigenvalue weighted by molar-refractivity contribution is 7.09. The van der Waals surface area contributed by atoms with Gasteiger partial charge in [-0.2, -0.15) is 0 Å². The highest BCUT2D eigenvalue weighted by Crippen LogP contribution is 2.33. The van der Waals surface area contributed by atoms with E-state index in [1.807, 2.05) is 16.5 Å². The third-order valence-electron chi connectivity index (χ3n) is 3.49. The van der Waals surface area contributed by atoms with Crippen LogP contribution in [-0.4, -0.2) is 28.9 Å². The first-order chi connectivity index (χ1) is 8.86. The Morgan fingerprint density at radius 1 is 1.50 bits per heavy atom. The number of carbonyl (C=O) groups is 1. The maximum atomic E-state index is 12.5. The van der Waals surface area contributed by atoms with Crippen molar-refractivity contribution < 1.29 is 9.53 Å². The minimum Gasteiger partial charge on any atom is -0.500 e. The standard InChI is InChI=1S/C13H16N2O2S/c16-13(10-4-7-17-9-10)15-6-2-1-3-11(15)12-14-5-8-18-12/h5,8-9,11H,1-4,6-7H2. The Balaban J connectivity index is 1.81. The minimum atomic E-state index is 0.132. The average Bonchev–Trinajstić information content (AvgIpc) is 3.11. The summed E-state index contributed by atoms with van der Waals surface area (Å²) >= 11 is 1.64. The predicted octanol–water partition coefficient (Wildman–Crippen LogP) is 2.50. The predicted molar refractivity (Wildman–Crippen MR) is 69.1 cm³/mol. The van der Waals surface area contributed by atoms with Gasteiger partial charge in [0.2, 0.25) is 0 Å². The summed E-state index contributed by atoms with van der Waals surface area (Å²) in [7, 11) is 0. The third kappa shape index (κ3) is 2.14. The van der Waals surface area contributed by atoms with E-state index in [-0.39, 0.29) is 11.9 Å². The number of hydrogen-bond acceptors (Lipinski definition) is 4. The number of aromatic nitrogens is 1. The van der Waals surface area contributed by atoms with E-state index in [1.54, 1.807) is 17.6 Å². The summed E-state index contributed by atoms with van der Waals surface area (Å²) in [5.41, 5.74) is 0.804. The molecule has 2 aliphatic heterocycles. The van der Waals surface area contributed by atoms with Gasteiger partial charge in [-0.1, -0.05) is 0 Å². The molecule has 1 unspecified atom stereocenters. The molecule has 0 saturated carbocycles. The fourth-order valence-corrected chi connectivity index (χ4v) is 3.34. The minimum absolute atomic E-state index is 0.132. The first kappa shape index (κ1) is 11.7.